The van der Waals surface area contributed by atoms with Gasteiger partial charge in [0.2, 0.25) is 0 Å². The number of aromatic nitrogens is 3. The number of carbonyl (C=O) groups excluding carboxylic acids is 1. The first-order valence-electron chi connectivity index (χ1n) is 8.59. The quantitative estimate of drug-likeness (QED) is 0.936. The molecule has 1 fully saturated rings. The molecule has 122 valence electrons. The molecule has 0 spiro atoms. The first-order chi connectivity index (χ1) is 11.3. The molecule has 2 aliphatic carbocycles. The van der Waals surface area contributed by atoms with Gasteiger partial charge in [0, 0.05) is 10.9 Å². The summed E-state index contributed by atoms with van der Waals surface area (Å²) >= 11 is 1.67. The average molecular weight is 330 g/mol. The summed E-state index contributed by atoms with van der Waals surface area (Å²) in [4.78, 5) is 14.7. The molecule has 2 heterocycles. The molecule has 1 amide bonds. The lowest BCUT2D eigenvalue weighted by Crippen LogP contribution is -2.23. The van der Waals surface area contributed by atoms with Crippen molar-refractivity contribution in [3.8, 4) is 0 Å². The van der Waals surface area contributed by atoms with E-state index in [1.807, 2.05) is 0 Å². The van der Waals surface area contributed by atoms with Crippen molar-refractivity contribution < 1.29 is 4.79 Å². The fourth-order valence-electron chi connectivity index (χ4n) is 3.25. The van der Waals surface area contributed by atoms with Crippen molar-refractivity contribution in [2.45, 2.75) is 64.0 Å². The minimum atomic E-state index is 0.0205. The second-order valence-electron chi connectivity index (χ2n) is 6.54. The van der Waals surface area contributed by atoms with Crippen molar-refractivity contribution >= 4 is 17.2 Å². The number of hydrogen-bond donors (Lipinski definition) is 1. The molecule has 0 bridgehead atoms. The lowest BCUT2D eigenvalue weighted by molar-refractivity contribution is 0.0953. The molecule has 1 N–H and O–H groups in total. The monoisotopic (exact) mass is 330 g/mol. The minimum Gasteiger partial charge on any atom is -0.344 e. The molecule has 2 aliphatic rings. The summed E-state index contributed by atoms with van der Waals surface area (Å²) in [5.74, 6) is 0.878. The molecule has 0 aromatic carbocycles. The molecule has 4 rings (SSSR count). The van der Waals surface area contributed by atoms with Gasteiger partial charge in [-0.25, -0.2) is 0 Å². The van der Waals surface area contributed by atoms with Crippen LogP contribution in [0, 0.1) is 0 Å². The number of thiophene rings is 1. The molecule has 0 aliphatic heterocycles. The Morgan fingerprint density at radius 1 is 1.26 bits per heavy atom. The fraction of sp³-hybridized carbons (Fsp3) is 0.588. The Hall–Kier alpha value is -1.69. The number of aryl methyl sites for hydroxylation is 2. The Morgan fingerprint density at radius 2 is 2.09 bits per heavy atom. The van der Waals surface area contributed by atoms with Crippen LogP contribution in [-0.4, -0.2) is 20.7 Å². The summed E-state index contributed by atoms with van der Waals surface area (Å²) in [5, 5.41) is 11.1. The van der Waals surface area contributed by atoms with Gasteiger partial charge in [0.05, 0.1) is 11.4 Å². The van der Waals surface area contributed by atoms with Gasteiger partial charge in [-0.2, -0.15) is 0 Å². The van der Waals surface area contributed by atoms with Gasteiger partial charge in [0.25, 0.3) is 5.91 Å². The predicted octanol–water partition coefficient (Wildman–Crippen LogP) is 3.26. The van der Waals surface area contributed by atoms with Crippen molar-refractivity contribution in [1.29, 1.82) is 0 Å². The normalized spacial score (nSPS) is 18.1. The highest BCUT2D eigenvalue weighted by atomic mass is 32.1. The van der Waals surface area contributed by atoms with Crippen LogP contribution in [0.25, 0.3) is 0 Å². The van der Waals surface area contributed by atoms with E-state index in [9.17, 15) is 4.79 Å². The summed E-state index contributed by atoms with van der Waals surface area (Å²) in [7, 11) is 0. The second-order valence-corrected chi connectivity index (χ2v) is 7.68. The molecule has 2 aromatic heterocycles. The van der Waals surface area contributed by atoms with Crippen LogP contribution in [0.4, 0.5) is 0 Å². The highest BCUT2D eigenvalue weighted by Gasteiger charge is 2.26. The van der Waals surface area contributed by atoms with Crippen LogP contribution in [0.3, 0.4) is 0 Å². The summed E-state index contributed by atoms with van der Waals surface area (Å²) in [6.45, 7) is 0.456. The minimum absolute atomic E-state index is 0.0205. The maximum atomic E-state index is 12.5. The third-order valence-electron chi connectivity index (χ3n) is 4.71. The molecule has 5 nitrogen and oxygen atoms in total. The molecule has 0 saturated heterocycles. The largest absolute Gasteiger partial charge is 0.344 e. The predicted molar refractivity (Wildman–Crippen MR) is 89.7 cm³/mol. The van der Waals surface area contributed by atoms with E-state index >= 15 is 0 Å². The number of nitrogens with zero attached hydrogens (tertiary/aromatic N) is 3. The first-order valence-corrected chi connectivity index (χ1v) is 9.41. The van der Waals surface area contributed by atoms with Crippen LogP contribution in [0.1, 0.15) is 70.5 Å². The lowest BCUT2D eigenvalue weighted by Gasteiger charge is -2.07. The van der Waals surface area contributed by atoms with Crippen LogP contribution in [0.2, 0.25) is 0 Å². The van der Waals surface area contributed by atoms with Gasteiger partial charge in [-0.1, -0.05) is 12.8 Å². The van der Waals surface area contributed by atoms with E-state index in [-0.39, 0.29) is 5.91 Å². The molecular weight excluding hydrogens is 308 g/mol. The van der Waals surface area contributed by atoms with Crippen molar-refractivity contribution in [1.82, 2.24) is 20.1 Å². The smallest absolute Gasteiger partial charge is 0.261 e. The van der Waals surface area contributed by atoms with E-state index in [4.69, 9.17) is 0 Å². The molecule has 0 unspecified atom stereocenters. The number of amides is 1. The zero-order chi connectivity index (χ0) is 15.6. The van der Waals surface area contributed by atoms with Crippen molar-refractivity contribution in [3.05, 3.63) is 33.5 Å². The lowest BCUT2D eigenvalue weighted by atomic mass is 10.00. The Bertz CT molecular complexity index is 676. The zero-order valence-electron chi connectivity index (χ0n) is 13.3. The van der Waals surface area contributed by atoms with Crippen LogP contribution < -0.4 is 5.32 Å². The molecule has 1 saturated carbocycles. The standard InChI is InChI=1S/C17H22N4OS/c22-17(18-10-16-20-19-11-21(16)13-7-8-13)15-9-12-5-3-1-2-4-6-14(12)23-15/h9,11,13H,1-8,10H2,(H,18,22). The van der Waals surface area contributed by atoms with Crippen molar-refractivity contribution in [2.24, 2.45) is 0 Å². The number of rotatable bonds is 4. The van der Waals surface area contributed by atoms with E-state index < -0.39 is 0 Å². The molecule has 0 atom stereocenters. The average Bonchev–Trinajstić information content (AvgIpc) is 3.14. The highest BCUT2D eigenvalue weighted by Crippen LogP contribution is 2.35. The van der Waals surface area contributed by atoms with E-state index in [0.717, 1.165) is 23.5 Å². The molecule has 0 radical (unpaired) electrons. The number of nitrogens with one attached hydrogen (secondary N) is 1. The van der Waals surface area contributed by atoms with Crippen LogP contribution >= 0.6 is 11.3 Å². The van der Waals surface area contributed by atoms with E-state index in [0.29, 0.717) is 12.6 Å². The van der Waals surface area contributed by atoms with Gasteiger partial charge in [-0.05, 0) is 50.2 Å². The van der Waals surface area contributed by atoms with Crippen LogP contribution in [0.5, 0.6) is 0 Å². The van der Waals surface area contributed by atoms with Crippen molar-refractivity contribution in [3.63, 3.8) is 0 Å². The van der Waals surface area contributed by atoms with E-state index in [1.54, 1.807) is 17.7 Å². The zero-order valence-corrected chi connectivity index (χ0v) is 14.1. The molecule has 23 heavy (non-hydrogen) atoms. The van der Waals surface area contributed by atoms with E-state index in [2.05, 4.69) is 26.1 Å². The van der Waals surface area contributed by atoms with Gasteiger partial charge >= 0.3 is 0 Å². The van der Waals surface area contributed by atoms with Crippen molar-refractivity contribution in [2.75, 3.05) is 0 Å². The Kier molecular flexibility index (Phi) is 4.16. The van der Waals surface area contributed by atoms with E-state index in [1.165, 1.54) is 49.0 Å². The number of fused-ring (bicyclic) bond motifs is 1. The maximum Gasteiger partial charge on any atom is 0.261 e. The summed E-state index contributed by atoms with van der Waals surface area (Å²) in [6.07, 6.45) is 11.5. The molecule has 2 aromatic rings. The van der Waals surface area contributed by atoms with Crippen LogP contribution in [-0.2, 0) is 19.4 Å². The third kappa shape index (κ3) is 3.32. The van der Waals surface area contributed by atoms with Gasteiger partial charge in [0.15, 0.2) is 5.82 Å². The summed E-state index contributed by atoms with van der Waals surface area (Å²) in [5.41, 5.74) is 1.39. The maximum absolute atomic E-state index is 12.5. The highest BCUT2D eigenvalue weighted by molar-refractivity contribution is 7.14. The molecular formula is C17H22N4OS. The molecule has 6 heteroatoms. The first kappa shape index (κ1) is 14.9. The SMILES string of the molecule is O=C(NCc1nncn1C1CC1)c1cc2c(s1)CCCCCC2. The Balaban J connectivity index is 1.42. The fourth-order valence-corrected chi connectivity index (χ4v) is 4.42. The third-order valence-corrected chi connectivity index (χ3v) is 5.95. The second kappa shape index (κ2) is 6.43. The van der Waals surface area contributed by atoms with Gasteiger partial charge in [-0.3, -0.25) is 4.79 Å². The van der Waals surface area contributed by atoms with Gasteiger partial charge in [0.1, 0.15) is 6.33 Å². The van der Waals surface area contributed by atoms with Crippen LogP contribution in [0.15, 0.2) is 12.4 Å². The topological polar surface area (TPSA) is 59.8 Å². The Morgan fingerprint density at radius 3 is 2.91 bits per heavy atom. The van der Waals surface area contributed by atoms with Gasteiger partial charge < -0.3 is 9.88 Å². The number of hydrogen-bond acceptors (Lipinski definition) is 4. The Labute approximate surface area is 140 Å². The van der Waals surface area contributed by atoms with Gasteiger partial charge in [-0.15, -0.1) is 21.5 Å². The summed E-state index contributed by atoms with van der Waals surface area (Å²) in [6, 6.07) is 2.64. The summed E-state index contributed by atoms with van der Waals surface area (Å²) < 4.78 is 2.09. The number of carbonyl (C=O) groups is 1.